The van der Waals surface area contributed by atoms with Crippen LogP contribution in [0.3, 0.4) is 0 Å². The van der Waals surface area contributed by atoms with Gasteiger partial charge in [-0.25, -0.2) is 4.79 Å². The Morgan fingerprint density at radius 1 is 1.02 bits per heavy atom. The lowest BCUT2D eigenvalue weighted by Crippen LogP contribution is -2.48. The SMILES string of the molecule is CCOC(=O)c1cc2cc(CC(=O)[C@@H]3[C@H](C4CCCCC4)CCN3C(=O)C3CCC([C@H](C)CF)CC3)ccc2o1. The Morgan fingerprint density at radius 3 is 2.48 bits per heavy atom. The van der Waals surface area contributed by atoms with E-state index < -0.39 is 5.97 Å². The second kappa shape index (κ2) is 12.9. The van der Waals surface area contributed by atoms with Crippen molar-refractivity contribution >= 4 is 28.6 Å². The molecule has 2 heterocycles. The summed E-state index contributed by atoms with van der Waals surface area (Å²) >= 11 is 0. The van der Waals surface area contributed by atoms with Crippen molar-refractivity contribution in [3.8, 4) is 0 Å². The highest BCUT2D eigenvalue weighted by Gasteiger charge is 2.46. The maximum absolute atomic E-state index is 14.0. The summed E-state index contributed by atoms with van der Waals surface area (Å²) < 4.78 is 23.9. The third-order valence-electron chi connectivity index (χ3n) is 9.92. The zero-order valence-electron chi connectivity index (χ0n) is 24.0. The molecule has 218 valence electrons. The fourth-order valence-corrected chi connectivity index (χ4v) is 7.64. The molecular weight excluding hydrogens is 509 g/mol. The summed E-state index contributed by atoms with van der Waals surface area (Å²) in [6, 6.07) is 6.87. The van der Waals surface area contributed by atoms with Crippen LogP contribution in [-0.2, 0) is 20.7 Å². The van der Waals surface area contributed by atoms with Gasteiger partial charge in [0.05, 0.1) is 19.3 Å². The largest absolute Gasteiger partial charge is 0.460 e. The second-order valence-electron chi connectivity index (χ2n) is 12.4. The molecule has 5 rings (SSSR count). The molecule has 7 heteroatoms. The number of Topliss-reactive ketones (excluding diaryl/α,β-unsaturated/α-hetero) is 1. The third kappa shape index (κ3) is 6.13. The number of esters is 1. The topological polar surface area (TPSA) is 76.8 Å². The summed E-state index contributed by atoms with van der Waals surface area (Å²) in [6.45, 7) is 4.34. The first-order valence-corrected chi connectivity index (χ1v) is 15.5. The number of hydrogen-bond acceptors (Lipinski definition) is 5. The van der Waals surface area contributed by atoms with E-state index in [4.69, 9.17) is 9.15 Å². The van der Waals surface area contributed by atoms with Gasteiger partial charge in [-0.1, -0.05) is 45.1 Å². The van der Waals surface area contributed by atoms with Gasteiger partial charge < -0.3 is 14.1 Å². The van der Waals surface area contributed by atoms with Crippen LogP contribution in [0.1, 0.15) is 94.2 Å². The molecule has 1 aromatic carbocycles. The highest BCUT2D eigenvalue weighted by atomic mass is 19.1. The molecule has 0 bridgehead atoms. The van der Waals surface area contributed by atoms with E-state index in [2.05, 4.69) is 0 Å². The van der Waals surface area contributed by atoms with Crippen molar-refractivity contribution in [2.75, 3.05) is 19.8 Å². The summed E-state index contributed by atoms with van der Waals surface area (Å²) in [6.07, 6.45) is 10.4. The molecule has 1 aromatic heterocycles. The minimum atomic E-state index is -0.500. The molecule has 2 saturated carbocycles. The van der Waals surface area contributed by atoms with E-state index in [0.29, 0.717) is 24.0 Å². The summed E-state index contributed by atoms with van der Waals surface area (Å²) in [5.41, 5.74) is 1.44. The van der Waals surface area contributed by atoms with Gasteiger partial charge in [-0.15, -0.1) is 0 Å². The van der Waals surface area contributed by atoms with E-state index in [1.807, 2.05) is 24.0 Å². The maximum Gasteiger partial charge on any atom is 0.374 e. The predicted molar refractivity (Wildman–Crippen MR) is 152 cm³/mol. The van der Waals surface area contributed by atoms with Crippen LogP contribution in [0.15, 0.2) is 28.7 Å². The Bertz CT molecular complexity index is 1190. The molecule has 1 amide bonds. The predicted octanol–water partition coefficient (Wildman–Crippen LogP) is 6.93. The zero-order chi connectivity index (χ0) is 28.2. The first-order valence-electron chi connectivity index (χ1n) is 15.5. The molecular formula is C33H44FNO5. The minimum absolute atomic E-state index is 0.0498. The van der Waals surface area contributed by atoms with Crippen molar-refractivity contribution < 1.29 is 27.9 Å². The fourth-order valence-electron chi connectivity index (χ4n) is 7.64. The number of hydrogen-bond donors (Lipinski definition) is 0. The first-order chi connectivity index (χ1) is 19.4. The number of carbonyl (C=O) groups is 3. The van der Waals surface area contributed by atoms with Crippen LogP contribution in [0, 0.1) is 29.6 Å². The van der Waals surface area contributed by atoms with Gasteiger partial charge in [0.2, 0.25) is 11.7 Å². The van der Waals surface area contributed by atoms with Crippen LogP contribution in [0.5, 0.6) is 0 Å². The summed E-state index contributed by atoms with van der Waals surface area (Å²) in [4.78, 5) is 42.0. The molecule has 0 radical (unpaired) electrons. The van der Waals surface area contributed by atoms with Crippen molar-refractivity contribution in [1.82, 2.24) is 4.90 Å². The number of halogens is 1. The number of carbonyl (C=O) groups excluding carboxylic acids is 3. The van der Waals surface area contributed by atoms with Gasteiger partial charge in [0, 0.05) is 24.3 Å². The van der Waals surface area contributed by atoms with Crippen molar-refractivity contribution in [2.24, 2.45) is 29.6 Å². The molecule has 3 atom stereocenters. The standard InChI is InChI=1S/C33H44FNO5/c1-3-39-33(38)30-19-26-17-22(9-14-29(26)40-30)18-28(36)31-27(24-7-5-4-6-8-24)15-16-35(31)32(37)25-12-10-23(11-13-25)21(2)20-34/h9,14,17,19,21,23-25,27,31H,3-8,10-13,15-16,18,20H2,1-2H3/t21-,23?,25?,27+,31+/m1/s1. The Kier molecular flexibility index (Phi) is 9.27. The van der Waals surface area contributed by atoms with E-state index in [0.717, 1.165) is 55.9 Å². The van der Waals surface area contributed by atoms with Gasteiger partial charge in [0.15, 0.2) is 5.78 Å². The number of fused-ring (bicyclic) bond motifs is 1. The molecule has 40 heavy (non-hydrogen) atoms. The lowest BCUT2D eigenvalue weighted by molar-refractivity contribution is -0.143. The number of likely N-dealkylation sites (tertiary alicyclic amines) is 1. The van der Waals surface area contributed by atoms with E-state index in [9.17, 15) is 18.8 Å². The smallest absolute Gasteiger partial charge is 0.374 e. The fraction of sp³-hybridized carbons (Fsp3) is 0.667. The molecule has 2 aromatic rings. The molecule has 3 aliphatic rings. The third-order valence-corrected chi connectivity index (χ3v) is 9.92. The molecule has 1 aliphatic heterocycles. The lowest BCUT2D eigenvalue weighted by Gasteiger charge is -2.37. The van der Waals surface area contributed by atoms with Crippen LogP contribution >= 0.6 is 0 Å². The van der Waals surface area contributed by atoms with E-state index >= 15 is 0 Å². The minimum Gasteiger partial charge on any atom is -0.460 e. The number of benzene rings is 1. The monoisotopic (exact) mass is 553 g/mol. The highest BCUT2D eigenvalue weighted by Crippen LogP contribution is 2.42. The number of amides is 1. The van der Waals surface area contributed by atoms with Crippen LogP contribution in [0.25, 0.3) is 11.0 Å². The van der Waals surface area contributed by atoms with Gasteiger partial charge in [-0.05, 0) is 86.5 Å². The Labute approximate surface area is 237 Å². The van der Waals surface area contributed by atoms with Crippen LogP contribution in [0.4, 0.5) is 4.39 Å². The Morgan fingerprint density at radius 2 is 1.77 bits per heavy atom. The van der Waals surface area contributed by atoms with Crippen LogP contribution < -0.4 is 0 Å². The Hall–Kier alpha value is -2.70. The van der Waals surface area contributed by atoms with E-state index in [1.165, 1.54) is 19.3 Å². The molecule has 3 fully saturated rings. The number of ether oxygens (including phenoxy) is 1. The molecule has 6 nitrogen and oxygen atoms in total. The number of furan rings is 1. The van der Waals surface area contributed by atoms with E-state index in [-0.39, 0.29) is 60.9 Å². The molecule has 0 unspecified atom stereocenters. The van der Waals surface area contributed by atoms with Gasteiger partial charge in [0.1, 0.15) is 5.58 Å². The maximum atomic E-state index is 14.0. The molecule has 1 saturated heterocycles. The number of ketones is 1. The Balaban J connectivity index is 1.33. The highest BCUT2D eigenvalue weighted by molar-refractivity contribution is 5.94. The van der Waals surface area contributed by atoms with Crippen molar-refractivity contribution in [3.63, 3.8) is 0 Å². The molecule has 0 N–H and O–H groups in total. The summed E-state index contributed by atoms with van der Waals surface area (Å²) in [5, 5.41) is 0.760. The van der Waals surface area contributed by atoms with Gasteiger partial charge in [0.25, 0.3) is 0 Å². The van der Waals surface area contributed by atoms with Crippen molar-refractivity contribution in [3.05, 3.63) is 35.6 Å². The average molecular weight is 554 g/mol. The van der Waals surface area contributed by atoms with Gasteiger partial charge >= 0.3 is 5.97 Å². The van der Waals surface area contributed by atoms with E-state index in [1.54, 1.807) is 19.1 Å². The van der Waals surface area contributed by atoms with Gasteiger partial charge in [-0.2, -0.15) is 0 Å². The van der Waals surface area contributed by atoms with Crippen molar-refractivity contribution in [2.45, 2.75) is 90.5 Å². The number of rotatable bonds is 9. The number of nitrogens with zero attached hydrogens (tertiary/aromatic N) is 1. The lowest BCUT2D eigenvalue weighted by atomic mass is 9.74. The zero-order valence-corrected chi connectivity index (χ0v) is 24.0. The molecule has 2 aliphatic carbocycles. The first kappa shape index (κ1) is 28.8. The van der Waals surface area contributed by atoms with Gasteiger partial charge in [-0.3, -0.25) is 14.0 Å². The normalized spacial score (nSPS) is 26.6. The van der Waals surface area contributed by atoms with Crippen LogP contribution in [0.2, 0.25) is 0 Å². The number of alkyl halides is 1. The summed E-state index contributed by atoms with van der Waals surface area (Å²) in [5.74, 6) is 0.934. The van der Waals surface area contributed by atoms with Crippen LogP contribution in [-0.4, -0.2) is 48.4 Å². The average Bonchev–Trinajstić information content (AvgIpc) is 3.62. The summed E-state index contributed by atoms with van der Waals surface area (Å²) in [7, 11) is 0. The quantitative estimate of drug-likeness (QED) is 0.315. The molecule has 0 spiro atoms. The second-order valence-corrected chi connectivity index (χ2v) is 12.4. The van der Waals surface area contributed by atoms with Crippen molar-refractivity contribution in [1.29, 1.82) is 0 Å².